The first kappa shape index (κ1) is 20.4. The Kier molecular flexibility index (Phi) is 12.1. The summed E-state index contributed by atoms with van der Waals surface area (Å²) in [4.78, 5) is 33.1. The predicted molar refractivity (Wildman–Crippen MR) is 82.4 cm³/mol. The van der Waals surface area contributed by atoms with Crippen molar-refractivity contribution in [2.24, 2.45) is 0 Å². The Hall–Kier alpha value is -1.63. The lowest BCUT2D eigenvalue weighted by Gasteiger charge is -2.16. The molecule has 2 amide bonds. The highest BCUT2D eigenvalue weighted by atomic mass is 16.5. The monoisotopic (exact) mass is 316 g/mol. The molecule has 0 saturated carbocycles. The SMILES string of the molecule is CCCCCC(CCC)OCC(=O)NCC(=O)NCC(=O)O. The average molecular weight is 316 g/mol. The van der Waals surface area contributed by atoms with Gasteiger partial charge in [0.15, 0.2) is 0 Å². The third-order valence-corrected chi connectivity index (χ3v) is 3.07. The molecular formula is C15H28N2O5. The standard InChI is InChI=1S/C15H28N2O5/c1-3-5-6-8-12(7-4-2)22-11-14(19)16-9-13(18)17-10-15(20)21/h12H,3-11H2,1-2H3,(H,16,19)(H,17,18)(H,20,21). The molecule has 0 aromatic carbocycles. The van der Waals surface area contributed by atoms with Crippen molar-refractivity contribution in [3.05, 3.63) is 0 Å². The fourth-order valence-electron chi connectivity index (χ4n) is 1.92. The molecule has 0 aliphatic heterocycles. The van der Waals surface area contributed by atoms with Crippen LogP contribution in [0.15, 0.2) is 0 Å². The summed E-state index contributed by atoms with van der Waals surface area (Å²) in [5.41, 5.74) is 0. The molecule has 0 aromatic rings. The lowest BCUT2D eigenvalue weighted by molar-refractivity contribution is -0.137. The minimum absolute atomic E-state index is 0.0723. The maximum absolute atomic E-state index is 11.6. The van der Waals surface area contributed by atoms with Gasteiger partial charge in [0.1, 0.15) is 13.2 Å². The van der Waals surface area contributed by atoms with Crippen molar-refractivity contribution in [1.82, 2.24) is 10.6 Å². The Balaban J connectivity index is 3.87. The quantitative estimate of drug-likeness (QED) is 0.441. The van der Waals surface area contributed by atoms with Gasteiger partial charge >= 0.3 is 5.97 Å². The van der Waals surface area contributed by atoms with Crippen LogP contribution in [-0.2, 0) is 19.1 Å². The minimum Gasteiger partial charge on any atom is -0.480 e. The lowest BCUT2D eigenvalue weighted by atomic mass is 10.1. The second kappa shape index (κ2) is 13.1. The first-order valence-electron chi connectivity index (χ1n) is 7.86. The number of aliphatic carboxylic acids is 1. The predicted octanol–water partition coefficient (Wildman–Crippen LogP) is 1.07. The molecule has 0 bridgehead atoms. The van der Waals surface area contributed by atoms with Gasteiger partial charge in [0.05, 0.1) is 12.6 Å². The van der Waals surface area contributed by atoms with Gasteiger partial charge in [0.25, 0.3) is 0 Å². The van der Waals surface area contributed by atoms with E-state index in [1.165, 1.54) is 0 Å². The molecule has 128 valence electrons. The van der Waals surface area contributed by atoms with E-state index in [2.05, 4.69) is 24.5 Å². The number of hydrogen-bond donors (Lipinski definition) is 3. The van der Waals surface area contributed by atoms with Gasteiger partial charge in [-0.15, -0.1) is 0 Å². The summed E-state index contributed by atoms with van der Waals surface area (Å²) >= 11 is 0. The van der Waals surface area contributed by atoms with Crippen molar-refractivity contribution in [2.75, 3.05) is 19.7 Å². The first-order chi connectivity index (χ1) is 10.5. The highest BCUT2D eigenvalue weighted by Gasteiger charge is 2.11. The van der Waals surface area contributed by atoms with Crippen LogP contribution in [0.5, 0.6) is 0 Å². The van der Waals surface area contributed by atoms with Crippen LogP contribution in [0.1, 0.15) is 52.4 Å². The minimum atomic E-state index is -1.13. The zero-order valence-corrected chi connectivity index (χ0v) is 13.5. The molecule has 0 aliphatic rings. The number of hydrogen-bond acceptors (Lipinski definition) is 4. The molecule has 0 heterocycles. The van der Waals surface area contributed by atoms with E-state index in [9.17, 15) is 14.4 Å². The van der Waals surface area contributed by atoms with Crippen LogP contribution >= 0.6 is 0 Å². The number of amides is 2. The van der Waals surface area contributed by atoms with E-state index in [0.717, 1.165) is 38.5 Å². The summed E-state index contributed by atoms with van der Waals surface area (Å²) in [6.07, 6.45) is 6.30. The summed E-state index contributed by atoms with van der Waals surface area (Å²) in [5, 5.41) is 13.0. The second-order valence-corrected chi connectivity index (χ2v) is 5.16. The topological polar surface area (TPSA) is 105 Å². The Morgan fingerprint density at radius 1 is 0.955 bits per heavy atom. The number of carbonyl (C=O) groups excluding carboxylic acids is 2. The lowest BCUT2D eigenvalue weighted by Crippen LogP contribution is -2.40. The molecule has 1 unspecified atom stereocenters. The molecule has 0 radical (unpaired) electrons. The molecule has 0 saturated heterocycles. The molecule has 0 rings (SSSR count). The fraction of sp³-hybridized carbons (Fsp3) is 0.800. The maximum atomic E-state index is 11.6. The molecule has 22 heavy (non-hydrogen) atoms. The number of carboxylic acids is 1. The van der Waals surface area contributed by atoms with Gasteiger partial charge in [-0.2, -0.15) is 0 Å². The summed E-state index contributed by atoms with van der Waals surface area (Å²) in [5.74, 6) is -2.04. The van der Waals surface area contributed by atoms with Crippen molar-refractivity contribution in [1.29, 1.82) is 0 Å². The molecule has 3 N–H and O–H groups in total. The summed E-state index contributed by atoms with van der Waals surface area (Å²) < 4.78 is 5.58. The van der Waals surface area contributed by atoms with Crippen LogP contribution in [0.25, 0.3) is 0 Å². The first-order valence-corrected chi connectivity index (χ1v) is 7.86. The van der Waals surface area contributed by atoms with Crippen LogP contribution in [-0.4, -0.2) is 48.7 Å². The molecule has 0 aliphatic carbocycles. The largest absolute Gasteiger partial charge is 0.480 e. The summed E-state index contributed by atoms with van der Waals surface area (Å²) in [7, 11) is 0. The van der Waals surface area contributed by atoms with Crippen molar-refractivity contribution in [3.8, 4) is 0 Å². The second-order valence-electron chi connectivity index (χ2n) is 5.16. The number of unbranched alkanes of at least 4 members (excludes halogenated alkanes) is 2. The van der Waals surface area contributed by atoms with Crippen LogP contribution in [0, 0.1) is 0 Å². The Morgan fingerprint density at radius 3 is 2.23 bits per heavy atom. The van der Waals surface area contributed by atoms with Gasteiger partial charge in [0, 0.05) is 0 Å². The van der Waals surface area contributed by atoms with Crippen molar-refractivity contribution >= 4 is 17.8 Å². The van der Waals surface area contributed by atoms with Gasteiger partial charge in [-0.25, -0.2) is 0 Å². The molecule has 0 spiro atoms. The highest BCUT2D eigenvalue weighted by Crippen LogP contribution is 2.11. The van der Waals surface area contributed by atoms with E-state index in [1.54, 1.807) is 0 Å². The number of ether oxygens (including phenoxy) is 1. The average Bonchev–Trinajstić information content (AvgIpc) is 2.48. The van der Waals surface area contributed by atoms with Crippen LogP contribution < -0.4 is 10.6 Å². The molecule has 1 atom stereocenters. The van der Waals surface area contributed by atoms with Gasteiger partial charge in [-0.05, 0) is 12.8 Å². The number of carbonyl (C=O) groups is 3. The summed E-state index contributed by atoms with van der Waals surface area (Å²) in [6, 6.07) is 0. The van der Waals surface area contributed by atoms with Crippen LogP contribution in [0.2, 0.25) is 0 Å². The molecule has 7 nitrogen and oxygen atoms in total. The Morgan fingerprint density at radius 2 is 1.64 bits per heavy atom. The van der Waals surface area contributed by atoms with Crippen LogP contribution in [0.3, 0.4) is 0 Å². The Labute approximate surface area is 131 Å². The van der Waals surface area contributed by atoms with Gasteiger partial charge in [-0.1, -0.05) is 39.5 Å². The maximum Gasteiger partial charge on any atom is 0.322 e. The molecule has 7 heteroatoms. The van der Waals surface area contributed by atoms with Crippen molar-refractivity contribution in [3.63, 3.8) is 0 Å². The van der Waals surface area contributed by atoms with Gasteiger partial charge in [0.2, 0.25) is 11.8 Å². The molecular weight excluding hydrogens is 288 g/mol. The molecule has 0 aromatic heterocycles. The fourth-order valence-corrected chi connectivity index (χ4v) is 1.92. The highest BCUT2D eigenvalue weighted by molar-refractivity contribution is 5.86. The third-order valence-electron chi connectivity index (χ3n) is 3.07. The van der Waals surface area contributed by atoms with Gasteiger partial charge in [-0.3, -0.25) is 14.4 Å². The van der Waals surface area contributed by atoms with E-state index in [1.807, 2.05) is 0 Å². The smallest absolute Gasteiger partial charge is 0.322 e. The van der Waals surface area contributed by atoms with E-state index in [4.69, 9.17) is 9.84 Å². The summed E-state index contributed by atoms with van der Waals surface area (Å²) in [6.45, 7) is 3.43. The van der Waals surface area contributed by atoms with E-state index in [0.29, 0.717) is 0 Å². The van der Waals surface area contributed by atoms with Crippen molar-refractivity contribution in [2.45, 2.75) is 58.5 Å². The van der Waals surface area contributed by atoms with Crippen LogP contribution in [0.4, 0.5) is 0 Å². The zero-order chi connectivity index (χ0) is 16.8. The van der Waals surface area contributed by atoms with E-state index < -0.39 is 18.4 Å². The number of nitrogens with one attached hydrogen (secondary N) is 2. The zero-order valence-electron chi connectivity index (χ0n) is 13.5. The Bertz CT molecular complexity index is 347. The normalized spacial score (nSPS) is 11.7. The van der Waals surface area contributed by atoms with E-state index in [-0.39, 0.29) is 25.2 Å². The third kappa shape index (κ3) is 12.1. The number of rotatable bonds is 13. The van der Waals surface area contributed by atoms with Crippen molar-refractivity contribution < 1.29 is 24.2 Å². The van der Waals surface area contributed by atoms with E-state index >= 15 is 0 Å². The molecule has 0 fully saturated rings. The van der Waals surface area contributed by atoms with Gasteiger partial charge < -0.3 is 20.5 Å². The number of carboxylic acid groups (broad SMARTS) is 1.